The molecule has 1 N–H and O–H groups in total. The molecule has 2 heterocycles. The minimum absolute atomic E-state index is 0.691. The first-order valence-corrected chi connectivity index (χ1v) is 5.82. The minimum Gasteiger partial charge on any atom is -0.378 e. The van der Waals surface area contributed by atoms with E-state index in [1.54, 1.807) is 0 Å². The SMILES string of the molecule is CNCc1nc(N2CCOCC2)ccc1Cl. The summed E-state index contributed by atoms with van der Waals surface area (Å²) in [6.45, 7) is 4.02. The Morgan fingerprint density at radius 2 is 2.19 bits per heavy atom. The van der Waals surface area contributed by atoms with Crippen LogP contribution in [0.3, 0.4) is 0 Å². The van der Waals surface area contributed by atoms with Crippen molar-refractivity contribution >= 4 is 17.4 Å². The standard InChI is InChI=1S/C11H16ClN3O/c1-13-8-10-9(12)2-3-11(14-10)15-4-6-16-7-5-15/h2-3,13H,4-8H2,1H3. The van der Waals surface area contributed by atoms with Crippen LogP contribution in [-0.2, 0) is 11.3 Å². The fourth-order valence-corrected chi connectivity index (χ4v) is 1.90. The fourth-order valence-electron chi connectivity index (χ4n) is 1.73. The summed E-state index contributed by atoms with van der Waals surface area (Å²) in [7, 11) is 1.89. The fraction of sp³-hybridized carbons (Fsp3) is 0.545. The maximum Gasteiger partial charge on any atom is 0.129 e. The summed E-state index contributed by atoms with van der Waals surface area (Å²) in [5.41, 5.74) is 0.896. The van der Waals surface area contributed by atoms with Crippen molar-refractivity contribution in [1.29, 1.82) is 0 Å². The van der Waals surface area contributed by atoms with Gasteiger partial charge in [0.2, 0.25) is 0 Å². The van der Waals surface area contributed by atoms with Crippen LogP contribution in [0, 0.1) is 0 Å². The van der Waals surface area contributed by atoms with E-state index >= 15 is 0 Å². The third-order valence-corrected chi connectivity index (χ3v) is 2.93. The summed E-state index contributed by atoms with van der Waals surface area (Å²) in [6, 6.07) is 3.87. The highest BCUT2D eigenvalue weighted by Crippen LogP contribution is 2.19. The Morgan fingerprint density at radius 1 is 1.44 bits per heavy atom. The first kappa shape index (κ1) is 11.6. The monoisotopic (exact) mass is 241 g/mol. The number of nitrogens with zero attached hydrogens (tertiary/aromatic N) is 2. The average molecular weight is 242 g/mol. The van der Waals surface area contributed by atoms with Crippen LogP contribution < -0.4 is 10.2 Å². The molecule has 0 bridgehead atoms. The molecule has 5 heteroatoms. The number of hydrogen-bond acceptors (Lipinski definition) is 4. The van der Waals surface area contributed by atoms with Crippen LogP contribution in [0.15, 0.2) is 12.1 Å². The molecule has 4 nitrogen and oxygen atoms in total. The highest BCUT2D eigenvalue weighted by Gasteiger charge is 2.13. The molecule has 0 radical (unpaired) electrons. The van der Waals surface area contributed by atoms with E-state index < -0.39 is 0 Å². The molecule has 1 saturated heterocycles. The summed E-state index contributed by atoms with van der Waals surface area (Å²) >= 11 is 6.07. The lowest BCUT2D eigenvalue weighted by Crippen LogP contribution is -2.36. The zero-order chi connectivity index (χ0) is 11.4. The number of aromatic nitrogens is 1. The van der Waals surface area contributed by atoms with Crippen LogP contribution in [0.1, 0.15) is 5.69 Å². The Labute approximate surface area is 101 Å². The highest BCUT2D eigenvalue weighted by molar-refractivity contribution is 6.31. The molecule has 0 unspecified atom stereocenters. The summed E-state index contributed by atoms with van der Waals surface area (Å²) in [4.78, 5) is 6.78. The lowest BCUT2D eigenvalue weighted by molar-refractivity contribution is 0.122. The second kappa shape index (κ2) is 5.48. The van der Waals surface area contributed by atoms with Gasteiger partial charge in [-0.05, 0) is 19.2 Å². The molecule has 1 aliphatic heterocycles. The van der Waals surface area contributed by atoms with Crippen molar-refractivity contribution in [3.05, 3.63) is 22.8 Å². The van der Waals surface area contributed by atoms with Crippen LogP contribution in [-0.4, -0.2) is 38.3 Å². The van der Waals surface area contributed by atoms with Crippen molar-refractivity contribution in [2.75, 3.05) is 38.3 Å². The third kappa shape index (κ3) is 2.64. The van der Waals surface area contributed by atoms with Crippen molar-refractivity contribution in [3.8, 4) is 0 Å². The predicted molar refractivity (Wildman–Crippen MR) is 65.0 cm³/mol. The molecular weight excluding hydrogens is 226 g/mol. The van der Waals surface area contributed by atoms with E-state index in [-0.39, 0.29) is 0 Å². The first-order valence-electron chi connectivity index (χ1n) is 5.44. The minimum atomic E-state index is 0.691. The second-order valence-electron chi connectivity index (χ2n) is 3.73. The molecule has 2 rings (SSSR count). The normalized spacial score (nSPS) is 16.5. The van der Waals surface area contributed by atoms with Gasteiger partial charge in [0.25, 0.3) is 0 Å². The molecule has 0 spiro atoms. The number of rotatable bonds is 3. The number of ether oxygens (including phenoxy) is 1. The molecule has 0 aromatic carbocycles. The maximum atomic E-state index is 6.07. The van der Waals surface area contributed by atoms with Gasteiger partial charge < -0.3 is 15.0 Å². The molecule has 1 aromatic rings. The van der Waals surface area contributed by atoms with Gasteiger partial charge in [-0.3, -0.25) is 0 Å². The van der Waals surface area contributed by atoms with Crippen molar-refractivity contribution in [2.24, 2.45) is 0 Å². The van der Waals surface area contributed by atoms with E-state index in [1.165, 1.54) is 0 Å². The van der Waals surface area contributed by atoms with Gasteiger partial charge in [-0.15, -0.1) is 0 Å². The summed E-state index contributed by atoms with van der Waals surface area (Å²) < 4.78 is 5.31. The van der Waals surface area contributed by atoms with Crippen molar-refractivity contribution in [1.82, 2.24) is 10.3 Å². The molecular formula is C11H16ClN3O. The number of pyridine rings is 1. The number of hydrogen-bond donors (Lipinski definition) is 1. The van der Waals surface area contributed by atoms with E-state index in [4.69, 9.17) is 16.3 Å². The summed E-state index contributed by atoms with van der Waals surface area (Å²) in [6.07, 6.45) is 0. The lowest BCUT2D eigenvalue weighted by atomic mass is 10.3. The maximum absolute atomic E-state index is 6.07. The van der Waals surface area contributed by atoms with Crippen molar-refractivity contribution in [3.63, 3.8) is 0 Å². The molecule has 0 saturated carbocycles. The largest absolute Gasteiger partial charge is 0.378 e. The summed E-state index contributed by atoms with van der Waals surface area (Å²) in [5, 5.41) is 3.78. The van der Waals surface area contributed by atoms with Crippen LogP contribution in [0.4, 0.5) is 5.82 Å². The van der Waals surface area contributed by atoms with Gasteiger partial charge in [-0.1, -0.05) is 11.6 Å². The van der Waals surface area contributed by atoms with Gasteiger partial charge in [-0.2, -0.15) is 0 Å². The van der Waals surface area contributed by atoms with Crippen LogP contribution in [0.2, 0.25) is 5.02 Å². The zero-order valence-electron chi connectivity index (χ0n) is 9.37. The van der Waals surface area contributed by atoms with E-state index in [0.29, 0.717) is 11.6 Å². The Bertz CT molecular complexity index is 353. The van der Waals surface area contributed by atoms with Gasteiger partial charge in [-0.25, -0.2) is 4.98 Å². The third-order valence-electron chi connectivity index (χ3n) is 2.58. The van der Waals surface area contributed by atoms with Gasteiger partial charge >= 0.3 is 0 Å². The van der Waals surface area contributed by atoms with Gasteiger partial charge in [0.15, 0.2) is 0 Å². The van der Waals surface area contributed by atoms with Crippen LogP contribution in [0.25, 0.3) is 0 Å². The molecule has 0 aliphatic carbocycles. The number of nitrogens with one attached hydrogen (secondary N) is 1. The second-order valence-corrected chi connectivity index (χ2v) is 4.13. The lowest BCUT2D eigenvalue weighted by Gasteiger charge is -2.28. The van der Waals surface area contributed by atoms with E-state index in [9.17, 15) is 0 Å². The Morgan fingerprint density at radius 3 is 2.88 bits per heavy atom. The van der Waals surface area contributed by atoms with Crippen LogP contribution >= 0.6 is 11.6 Å². The Balaban J connectivity index is 2.17. The molecule has 0 amide bonds. The molecule has 88 valence electrons. The number of morpholine rings is 1. The zero-order valence-corrected chi connectivity index (χ0v) is 10.1. The predicted octanol–water partition coefficient (Wildman–Crippen LogP) is 1.29. The molecule has 1 aromatic heterocycles. The molecule has 1 aliphatic rings. The molecule has 1 fully saturated rings. The van der Waals surface area contributed by atoms with E-state index in [0.717, 1.165) is 37.8 Å². The number of halogens is 1. The van der Waals surface area contributed by atoms with Gasteiger partial charge in [0.05, 0.1) is 23.9 Å². The number of anilines is 1. The van der Waals surface area contributed by atoms with Crippen molar-refractivity contribution in [2.45, 2.75) is 6.54 Å². The summed E-state index contributed by atoms with van der Waals surface area (Å²) in [5.74, 6) is 0.984. The average Bonchev–Trinajstić information content (AvgIpc) is 2.33. The van der Waals surface area contributed by atoms with Gasteiger partial charge in [0, 0.05) is 19.6 Å². The highest BCUT2D eigenvalue weighted by atomic mass is 35.5. The molecule has 16 heavy (non-hydrogen) atoms. The Kier molecular flexibility index (Phi) is 3.98. The smallest absolute Gasteiger partial charge is 0.129 e. The first-order chi connectivity index (χ1) is 7.81. The quantitative estimate of drug-likeness (QED) is 0.866. The molecule has 0 atom stereocenters. The van der Waals surface area contributed by atoms with E-state index in [2.05, 4.69) is 15.2 Å². The van der Waals surface area contributed by atoms with Crippen molar-refractivity contribution < 1.29 is 4.74 Å². The van der Waals surface area contributed by atoms with Crippen LogP contribution in [0.5, 0.6) is 0 Å². The van der Waals surface area contributed by atoms with Gasteiger partial charge in [0.1, 0.15) is 5.82 Å². The Hall–Kier alpha value is -0.840. The van der Waals surface area contributed by atoms with E-state index in [1.807, 2.05) is 19.2 Å². The topological polar surface area (TPSA) is 37.4 Å².